The van der Waals surface area contributed by atoms with E-state index < -0.39 is 6.10 Å². The maximum absolute atomic E-state index is 11.9. The number of carbonyl (C=O) groups is 1. The Labute approximate surface area is 224 Å². The van der Waals surface area contributed by atoms with Gasteiger partial charge in [0.15, 0.2) is 6.29 Å². The fourth-order valence-electron chi connectivity index (χ4n) is 11.0. The van der Waals surface area contributed by atoms with Gasteiger partial charge in [0.2, 0.25) is 0 Å². The number of rotatable bonds is 4. The number of ether oxygens (including phenoxy) is 6. The lowest BCUT2D eigenvalue weighted by atomic mass is 9.44. The number of aliphatic hydroxyl groups is 1. The molecule has 13 atom stereocenters. The highest BCUT2D eigenvalue weighted by molar-refractivity contribution is 5.86. The normalized spacial score (nSPS) is 60.0. The Morgan fingerprint density at radius 2 is 1.95 bits per heavy atom. The maximum atomic E-state index is 11.9. The molecule has 38 heavy (non-hydrogen) atoms. The first-order valence-electron chi connectivity index (χ1n) is 14.9. The van der Waals surface area contributed by atoms with Gasteiger partial charge in [-0.15, -0.1) is 0 Å². The predicted molar refractivity (Wildman–Crippen MR) is 134 cm³/mol. The van der Waals surface area contributed by atoms with Crippen molar-refractivity contribution in [1.82, 2.24) is 0 Å². The molecule has 0 aromatic rings. The van der Waals surface area contributed by atoms with E-state index in [0.717, 1.165) is 56.9 Å². The minimum atomic E-state index is -0.615. The summed E-state index contributed by atoms with van der Waals surface area (Å²) < 4.78 is 36.9. The van der Waals surface area contributed by atoms with Gasteiger partial charge in [0, 0.05) is 37.0 Å². The molecule has 1 N–H and O–H groups in total. The van der Waals surface area contributed by atoms with Gasteiger partial charge < -0.3 is 33.5 Å². The zero-order valence-corrected chi connectivity index (χ0v) is 23.1. The number of hydrogen-bond acceptors (Lipinski definition) is 8. The lowest BCUT2D eigenvalue weighted by Gasteiger charge is -2.58. The summed E-state index contributed by atoms with van der Waals surface area (Å²) in [5, 5.41) is 10.3. The van der Waals surface area contributed by atoms with Crippen LogP contribution in [0.2, 0.25) is 0 Å². The van der Waals surface area contributed by atoms with E-state index >= 15 is 0 Å². The first kappa shape index (κ1) is 24.7. The van der Waals surface area contributed by atoms with Crippen molar-refractivity contribution in [2.24, 2.45) is 22.7 Å². The van der Waals surface area contributed by atoms with Gasteiger partial charge in [-0.3, -0.25) is 0 Å². The maximum Gasteiger partial charge on any atom is 0.331 e. The topological polar surface area (TPSA) is 99.3 Å². The third-order valence-electron chi connectivity index (χ3n) is 13.0. The number of cyclic esters (lactones) is 1. The van der Waals surface area contributed by atoms with Crippen molar-refractivity contribution in [2.75, 3.05) is 13.7 Å². The molecular weight excluding hydrogens is 488 g/mol. The van der Waals surface area contributed by atoms with Gasteiger partial charge >= 0.3 is 5.97 Å². The summed E-state index contributed by atoms with van der Waals surface area (Å²) in [5.41, 5.74) is 0.597. The van der Waals surface area contributed by atoms with Crippen LogP contribution in [0.15, 0.2) is 11.6 Å². The van der Waals surface area contributed by atoms with Crippen molar-refractivity contribution >= 4 is 5.97 Å². The Morgan fingerprint density at radius 1 is 1.11 bits per heavy atom. The summed E-state index contributed by atoms with van der Waals surface area (Å²) >= 11 is 0. The summed E-state index contributed by atoms with van der Waals surface area (Å²) in [4.78, 5) is 11.9. The number of epoxide rings is 2. The van der Waals surface area contributed by atoms with Crippen molar-refractivity contribution in [3.8, 4) is 0 Å². The largest absolute Gasteiger partial charge is 0.458 e. The van der Waals surface area contributed by atoms with Crippen LogP contribution in [0.4, 0.5) is 0 Å². The molecule has 8 rings (SSSR count). The first-order valence-corrected chi connectivity index (χ1v) is 14.9. The molecule has 0 bridgehead atoms. The van der Waals surface area contributed by atoms with Gasteiger partial charge in [-0.1, -0.05) is 13.8 Å². The van der Waals surface area contributed by atoms with E-state index in [1.807, 2.05) is 6.92 Å². The third kappa shape index (κ3) is 2.76. The first-order chi connectivity index (χ1) is 18.1. The van der Waals surface area contributed by atoms with E-state index in [-0.39, 0.29) is 64.3 Å². The Kier molecular flexibility index (Phi) is 4.96. The Hall–Kier alpha value is -1.03. The van der Waals surface area contributed by atoms with Crippen molar-refractivity contribution in [3.63, 3.8) is 0 Å². The van der Waals surface area contributed by atoms with Crippen LogP contribution in [-0.4, -0.2) is 78.4 Å². The summed E-state index contributed by atoms with van der Waals surface area (Å²) in [6, 6.07) is 0. The standard InChI is InChI=1S/C30H42O8/c1-16-25(32)20(33-4)13-24(35-16)36-19-6-8-26(2)17(11-19)5-10-28-21(26)7-9-27(3)29(28,38-28)14-22-30(27,37-22)18-12-23(31)34-15-18/h12,16-17,19-22,24-25,32H,5-11,13-15H2,1-4H3/t16?,17?,19-,20?,21?,22+,24?,25?,26-,27-,28-,29+,30+/m0/s1. The van der Waals surface area contributed by atoms with Crippen molar-refractivity contribution in [2.45, 2.75) is 132 Å². The summed E-state index contributed by atoms with van der Waals surface area (Å²) in [6.45, 7) is 7.17. The molecule has 8 nitrogen and oxygen atoms in total. The third-order valence-corrected chi connectivity index (χ3v) is 13.0. The average molecular weight is 531 g/mol. The second-order valence-corrected chi connectivity index (χ2v) is 14.1. The van der Waals surface area contributed by atoms with Gasteiger partial charge in [-0.05, 0) is 69.1 Å². The molecule has 2 spiro atoms. The molecule has 0 aromatic carbocycles. The molecule has 210 valence electrons. The van der Waals surface area contributed by atoms with Crippen molar-refractivity contribution in [1.29, 1.82) is 0 Å². The number of carbonyl (C=O) groups excluding carboxylic acids is 1. The lowest BCUT2D eigenvalue weighted by molar-refractivity contribution is -0.271. The Morgan fingerprint density at radius 3 is 2.71 bits per heavy atom. The highest BCUT2D eigenvalue weighted by Crippen LogP contribution is 2.86. The number of esters is 1. The Balaban J connectivity index is 1.00. The van der Waals surface area contributed by atoms with Gasteiger partial charge in [0.25, 0.3) is 0 Å². The number of fused-ring (bicyclic) bond motifs is 4. The molecule has 0 radical (unpaired) electrons. The fraction of sp³-hybridized carbons (Fsp3) is 0.900. The second kappa shape index (κ2) is 7.62. The molecule has 6 unspecified atom stereocenters. The zero-order valence-electron chi connectivity index (χ0n) is 23.1. The van der Waals surface area contributed by atoms with Crippen molar-refractivity contribution < 1.29 is 38.3 Å². The summed E-state index contributed by atoms with van der Waals surface area (Å²) in [7, 11) is 1.65. The fourth-order valence-corrected chi connectivity index (χ4v) is 11.0. The molecule has 4 aliphatic carbocycles. The molecule has 3 saturated heterocycles. The van der Waals surface area contributed by atoms with Crippen LogP contribution in [0, 0.1) is 22.7 Å². The van der Waals surface area contributed by atoms with Crippen LogP contribution in [0.3, 0.4) is 0 Å². The summed E-state index contributed by atoms with van der Waals surface area (Å²) in [6.07, 6.45) is 9.76. The van der Waals surface area contributed by atoms with Crippen molar-refractivity contribution in [3.05, 3.63) is 11.6 Å². The zero-order chi connectivity index (χ0) is 26.3. The highest BCUT2D eigenvalue weighted by Gasteiger charge is 2.95. The molecular formula is C30H42O8. The average Bonchev–Trinajstić information content (AvgIpc) is 3.69. The second-order valence-electron chi connectivity index (χ2n) is 14.1. The summed E-state index contributed by atoms with van der Waals surface area (Å²) in [5.74, 6) is 0.922. The minimum Gasteiger partial charge on any atom is -0.458 e. The van der Waals surface area contributed by atoms with E-state index in [0.29, 0.717) is 24.9 Å². The van der Waals surface area contributed by atoms with Gasteiger partial charge in [-0.2, -0.15) is 0 Å². The van der Waals surface area contributed by atoms with E-state index in [2.05, 4.69) is 13.8 Å². The molecule has 0 amide bonds. The Bertz CT molecular complexity index is 1090. The highest BCUT2D eigenvalue weighted by atomic mass is 16.7. The van der Waals surface area contributed by atoms with Gasteiger partial charge in [-0.25, -0.2) is 4.79 Å². The van der Waals surface area contributed by atoms with Crippen LogP contribution in [0.5, 0.6) is 0 Å². The molecule has 4 aliphatic heterocycles. The van der Waals surface area contributed by atoms with Crippen LogP contribution in [0.1, 0.15) is 78.6 Å². The SMILES string of the molecule is COC1CC(O[C@H]2CC[C@@]3(C)C(CC[C@@]45O[C@@]46C[C@H]4O[C@@]4(C4=CC(=O)OC4)[C@@]6(C)CCC35)C2)OC(C)C1O. The van der Waals surface area contributed by atoms with Crippen LogP contribution in [-0.2, 0) is 33.2 Å². The number of methoxy groups -OCH3 is 1. The smallest absolute Gasteiger partial charge is 0.331 e. The molecule has 0 aromatic heterocycles. The molecule has 8 heteroatoms. The van der Waals surface area contributed by atoms with Gasteiger partial charge in [0.1, 0.15) is 29.5 Å². The van der Waals surface area contributed by atoms with E-state index in [9.17, 15) is 9.90 Å². The molecule has 8 aliphatic rings. The predicted octanol–water partition coefficient (Wildman–Crippen LogP) is 3.43. The van der Waals surface area contributed by atoms with E-state index in [1.165, 1.54) is 0 Å². The molecule has 4 saturated carbocycles. The molecule has 4 heterocycles. The van der Waals surface area contributed by atoms with Crippen LogP contribution >= 0.6 is 0 Å². The van der Waals surface area contributed by atoms with E-state index in [1.54, 1.807) is 13.2 Å². The van der Waals surface area contributed by atoms with Crippen LogP contribution in [0.25, 0.3) is 0 Å². The number of hydrogen-bond donors (Lipinski definition) is 1. The lowest BCUT2D eigenvalue weighted by Crippen LogP contribution is -2.60. The van der Waals surface area contributed by atoms with Crippen LogP contribution < -0.4 is 0 Å². The van der Waals surface area contributed by atoms with E-state index in [4.69, 9.17) is 28.4 Å². The quantitative estimate of drug-likeness (QED) is 0.335. The van der Waals surface area contributed by atoms with Gasteiger partial charge in [0.05, 0.1) is 24.4 Å². The molecule has 7 fully saturated rings. The minimum absolute atomic E-state index is 0.0590. The number of aliphatic hydroxyl groups excluding tert-OH is 1. The monoisotopic (exact) mass is 530 g/mol.